The molecule has 0 spiro atoms. The van der Waals surface area contributed by atoms with Crippen molar-refractivity contribution in [1.82, 2.24) is 0 Å². The molecular formula is C44H64. The van der Waals surface area contributed by atoms with Gasteiger partial charge in [-0.1, -0.05) is 71.4 Å². The summed E-state index contributed by atoms with van der Waals surface area (Å²) in [6, 6.07) is 9.73. The van der Waals surface area contributed by atoms with Gasteiger partial charge in [0, 0.05) is 0 Å². The molecule has 0 bridgehead atoms. The second-order valence-corrected chi connectivity index (χ2v) is 18.1. The van der Waals surface area contributed by atoms with Gasteiger partial charge in [-0.3, -0.25) is 0 Å². The van der Waals surface area contributed by atoms with Crippen molar-refractivity contribution in [2.45, 2.75) is 145 Å². The maximum atomic E-state index is 2.64. The van der Waals surface area contributed by atoms with Crippen LogP contribution in [-0.4, -0.2) is 0 Å². The van der Waals surface area contributed by atoms with E-state index in [1.807, 2.05) is 0 Å². The number of aryl methyl sites for hydroxylation is 4. The summed E-state index contributed by atoms with van der Waals surface area (Å²) in [6.45, 7) is 24.7. The highest BCUT2D eigenvalue weighted by atomic mass is 14.6. The van der Waals surface area contributed by atoms with Crippen LogP contribution in [0.2, 0.25) is 0 Å². The average Bonchev–Trinajstić information content (AvgIpc) is 3.43. The number of hydrogen-bond acceptors (Lipinski definition) is 0. The van der Waals surface area contributed by atoms with Gasteiger partial charge in [-0.15, -0.1) is 0 Å². The minimum absolute atomic E-state index is 0.603. The van der Waals surface area contributed by atoms with Crippen LogP contribution in [0.5, 0.6) is 0 Å². The van der Waals surface area contributed by atoms with Gasteiger partial charge in [-0.2, -0.15) is 0 Å². The van der Waals surface area contributed by atoms with Gasteiger partial charge in [0.05, 0.1) is 0 Å². The Morgan fingerprint density at radius 1 is 0.682 bits per heavy atom. The van der Waals surface area contributed by atoms with Crippen molar-refractivity contribution in [3.8, 4) is 0 Å². The molecule has 4 saturated carbocycles. The molecule has 0 aromatic heterocycles. The van der Waals surface area contributed by atoms with Crippen molar-refractivity contribution >= 4 is 0 Å². The van der Waals surface area contributed by atoms with Crippen LogP contribution in [0, 0.1) is 85.9 Å². The van der Waals surface area contributed by atoms with Crippen LogP contribution < -0.4 is 0 Å². The minimum Gasteiger partial charge on any atom is -0.0622 e. The molecule has 240 valence electrons. The first kappa shape index (κ1) is 31.1. The van der Waals surface area contributed by atoms with Gasteiger partial charge < -0.3 is 0 Å². The van der Waals surface area contributed by atoms with Crippen LogP contribution in [0.3, 0.4) is 0 Å². The van der Waals surface area contributed by atoms with Crippen molar-refractivity contribution in [3.05, 3.63) is 68.8 Å². The first-order valence-electron chi connectivity index (χ1n) is 19.0. The van der Waals surface area contributed by atoms with E-state index in [0.29, 0.717) is 10.8 Å². The van der Waals surface area contributed by atoms with Crippen molar-refractivity contribution in [1.29, 1.82) is 0 Å². The maximum Gasteiger partial charge on any atom is -0.0122 e. The SMILES string of the molecule is Cc1cc(C)c2c(c1C)CCC1C2CC(C)C2(C)C(C)CCC12.Cc1ccc2c(c1)CCC1C2CCC2(C)C(C)C(C)CC12. The second-order valence-electron chi connectivity index (χ2n) is 18.1. The Hall–Kier alpha value is -1.56. The molecule has 6 aliphatic rings. The molecule has 2 aromatic carbocycles. The predicted octanol–water partition coefficient (Wildman–Crippen LogP) is 12.1. The van der Waals surface area contributed by atoms with E-state index in [1.165, 1.54) is 75.3 Å². The molecule has 44 heavy (non-hydrogen) atoms. The molecule has 8 rings (SSSR count). The van der Waals surface area contributed by atoms with E-state index >= 15 is 0 Å². The van der Waals surface area contributed by atoms with E-state index in [4.69, 9.17) is 0 Å². The van der Waals surface area contributed by atoms with E-state index in [0.717, 1.165) is 59.2 Å². The average molecular weight is 593 g/mol. The van der Waals surface area contributed by atoms with Crippen molar-refractivity contribution < 1.29 is 0 Å². The molecule has 0 radical (unpaired) electrons. The first-order valence-corrected chi connectivity index (χ1v) is 19.0. The molecule has 0 N–H and O–H groups in total. The monoisotopic (exact) mass is 593 g/mol. The Kier molecular flexibility index (Phi) is 7.78. The largest absolute Gasteiger partial charge is 0.0622 e. The third-order valence-corrected chi connectivity index (χ3v) is 16.6. The predicted molar refractivity (Wildman–Crippen MR) is 188 cm³/mol. The fraction of sp³-hybridized carbons (Fsp3) is 0.727. The van der Waals surface area contributed by atoms with Crippen molar-refractivity contribution in [2.75, 3.05) is 0 Å². The van der Waals surface area contributed by atoms with Gasteiger partial charge in [0.2, 0.25) is 0 Å². The Morgan fingerprint density at radius 3 is 2.18 bits per heavy atom. The number of hydrogen-bond donors (Lipinski definition) is 0. The van der Waals surface area contributed by atoms with Crippen LogP contribution in [0.1, 0.15) is 149 Å². The summed E-state index contributed by atoms with van der Waals surface area (Å²) in [5, 5.41) is 0. The van der Waals surface area contributed by atoms with Gasteiger partial charge in [0.25, 0.3) is 0 Å². The number of benzene rings is 2. The molecule has 0 heteroatoms. The van der Waals surface area contributed by atoms with E-state index in [-0.39, 0.29) is 0 Å². The zero-order chi connectivity index (χ0) is 31.3. The lowest BCUT2D eigenvalue weighted by atomic mass is 9.50. The van der Waals surface area contributed by atoms with Gasteiger partial charge in [0.1, 0.15) is 0 Å². The van der Waals surface area contributed by atoms with Crippen molar-refractivity contribution in [3.63, 3.8) is 0 Å². The molecule has 4 fully saturated rings. The molecule has 0 saturated heterocycles. The third kappa shape index (κ3) is 4.48. The minimum atomic E-state index is 0.603. The topological polar surface area (TPSA) is 0 Å². The summed E-state index contributed by atoms with van der Waals surface area (Å²) in [7, 11) is 0. The summed E-state index contributed by atoms with van der Waals surface area (Å²) < 4.78 is 0. The molecule has 12 unspecified atom stereocenters. The molecule has 0 aliphatic heterocycles. The van der Waals surface area contributed by atoms with Crippen LogP contribution in [0.15, 0.2) is 24.3 Å². The van der Waals surface area contributed by atoms with Crippen LogP contribution >= 0.6 is 0 Å². The van der Waals surface area contributed by atoms with Gasteiger partial charge >= 0.3 is 0 Å². The van der Waals surface area contributed by atoms with Gasteiger partial charge in [0.15, 0.2) is 0 Å². The summed E-state index contributed by atoms with van der Waals surface area (Å²) in [5.41, 5.74) is 14.2. The van der Waals surface area contributed by atoms with Gasteiger partial charge in [-0.05, 0) is 201 Å². The quantitative estimate of drug-likeness (QED) is 0.285. The Labute approximate surface area is 271 Å². The molecule has 0 heterocycles. The van der Waals surface area contributed by atoms with E-state index in [1.54, 1.807) is 33.4 Å². The molecule has 2 aromatic rings. The summed E-state index contributed by atoms with van der Waals surface area (Å²) in [4.78, 5) is 0. The van der Waals surface area contributed by atoms with E-state index in [9.17, 15) is 0 Å². The zero-order valence-corrected chi connectivity index (χ0v) is 30.2. The van der Waals surface area contributed by atoms with Crippen LogP contribution in [-0.2, 0) is 12.8 Å². The van der Waals surface area contributed by atoms with Gasteiger partial charge in [-0.25, -0.2) is 0 Å². The number of fused-ring (bicyclic) bond motifs is 10. The maximum absolute atomic E-state index is 2.64. The molecule has 6 aliphatic carbocycles. The lowest BCUT2D eigenvalue weighted by Gasteiger charge is -2.54. The molecule has 0 amide bonds. The fourth-order valence-corrected chi connectivity index (χ4v) is 13.4. The number of rotatable bonds is 0. The lowest BCUT2D eigenvalue weighted by Crippen LogP contribution is -2.47. The summed E-state index contributed by atoms with van der Waals surface area (Å²) in [5.74, 6) is 9.23. The fourth-order valence-electron chi connectivity index (χ4n) is 13.4. The highest BCUT2D eigenvalue weighted by Gasteiger charge is 2.57. The zero-order valence-electron chi connectivity index (χ0n) is 30.2. The summed E-state index contributed by atoms with van der Waals surface area (Å²) in [6.07, 6.45) is 14.3. The summed E-state index contributed by atoms with van der Waals surface area (Å²) >= 11 is 0. The normalized spacial score (nSPS) is 43.4. The first-order chi connectivity index (χ1) is 20.9. The Balaban J connectivity index is 0.000000143. The van der Waals surface area contributed by atoms with Crippen LogP contribution in [0.4, 0.5) is 0 Å². The van der Waals surface area contributed by atoms with E-state index < -0.39 is 0 Å². The lowest BCUT2D eigenvalue weighted by molar-refractivity contribution is -0.0176. The second kappa shape index (κ2) is 11.0. The van der Waals surface area contributed by atoms with Crippen LogP contribution in [0.25, 0.3) is 0 Å². The molecular weight excluding hydrogens is 528 g/mol. The van der Waals surface area contributed by atoms with E-state index in [2.05, 4.69) is 93.5 Å². The van der Waals surface area contributed by atoms with Crippen molar-refractivity contribution in [2.24, 2.45) is 58.2 Å². The molecule has 12 atom stereocenters. The highest BCUT2D eigenvalue weighted by Crippen LogP contribution is 2.66. The molecule has 0 nitrogen and oxygen atoms in total. The Morgan fingerprint density at radius 2 is 1.41 bits per heavy atom. The standard InChI is InChI=1S/C23H34.C21H30/c1-13-11-14(2)22-18(17(13)5)8-9-19-20(22)12-16(4)23(6)15(3)7-10-21(19)23;1-13-5-7-17-16(11-13)6-8-19-18(17)9-10-21(4)15(3)14(2)12-20(19)21/h11,15-16,19-21H,7-10,12H2,1-6H3;5,7,11,14-15,18-20H,6,8-10,12H2,1-4H3. The smallest absolute Gasteiger partial charge is 0.0122 e. The third-order valence-electron chi connectivity index (χ3n) is 16.6. The Bertz CT molecular complexity index is 1410. The highest BCUT2D eigenvalue weighted by molar-refractivity contribution is 5.49.